The third kappa shape index (κ3) is 5.05. The van der Waals surface area contributed by atoms with Crippen LogP contribution in [0, 0.1) is 13.8 Å². The third-order valence-corrected chi connectivity index (χ3v) is 8.77. The van der Waals surface area contributed by atoms with E-state index in [0.29, 0.717) is 16.5 Å². The summed E-state index contributed by atoms with van der Waals surface area (Å²) in [6, 6.07) is 22.0. The van der Waals surface area contributed by atoms with Crippen LogP contribution in [0.15, 0.2) is 71.3 Å². The summed E-state index contributed by atoms with van der Waals surface area (Å²) in [5, 5.41) is 7.46. The number of fused-ring (bicyclic) bond motifs is 2. The van der Waals surface area contributed by atoms with Gasteiger partial charge < -0.3 is 19.6 Å². The van der Waals surface area contributed by atoms with Gasteiger partial charge in [0.2, 0.25) is 5.91 Å². The molecule has 1 saturated heterocycles. The molecular formula is C33H34ClN5O3. The Hall–Kier alpha value is -4.14. The van der Waals surface area contributed by atoms with E-state index in [1.165, 1.54) is 0 Å². The maximum Gasteiger partial charge on any atom is 0.258 e. The summed E-state index contributed by atoms with van der Waals surface area (Å²) in [6.45, 7) is 8.19. The maximum atomic E-state index is 13.4. The molecule has 3 aromatic carbocycles. The molecule has 1 aromatic heterocycles. The van der Waals surface area contributed by atoms with E-state index in [0.717, 1.165) is 59.0 Å². The number of benzene rings is 3. The summed E-state index contributed by atoms with van der Waals surface area (Å²) in [6.07, 6.45) is 0.189. The molecule has 1 unspecified atom stereocenters. The lowest BCUT2D eigenvalue weighted by Crippen LogP contribution is -2.53. The minimum absolute atomic E-state index is 0.0119. The van der Waals surface area contributed by atoms with E-state index in [2.05, 4.69) is 39.3 Å². The van der Waals surface area contributed by atoms with E-state index in [1.807, 2.05) is 62.5 Å². The Morgan fingerprint density at radius 1 is 1.02 bits per heavy atom. The Labute approximate surface area is 250 Å². The number of hydrogen-bond acceptors (Lipinski definition) is 6. The van der Waals surface area contributed by atoms with Gasteiger partial charge in [0.15, 0.2) is 0 Å². The SMILES string of the molecule is Cc1noc(C)c1CC(=O)Nc1ccc(N2CCN(C3c4ccccc4C(=O)N(C)c4ccccc43)C[C@H]2C)c(Cl)c1. The number of rotatable bonds is 5. The van der Waals surface area contributed by atoms with Gasteiger partial charge in [0.25, 0.3) is 5.91 Å². The van der Waals surface area contributed by atoms with E-state index in [-0.39, 0.29) is 30.3 Å². The summed E-state index contributed by atoms with van der Waals surface area (Å²) < 4.78 is 5.18. The summed E-state index contributed by atoms with van der Waals surface area (Å²) >= 11 is 6.80. The van der Waals surface area contributed by atoms with Crippen molar-refractivity contribution in [2.75, 3.05) is 41.8 Å². The third-order valence-electron chi connectivity index (χ3n) is 8.47. The zero-order valence-electron chi connectivity index (χ0n) is 24.2. The fraction of sp³-hybridized carbons (Fsp3) is 0.303. The van der Waals surface area contributed by atoms with E-state index in [1.54, 1.807) is 17.9 Å². The van der Waals surface area contributed by atoms with Crippen LogP contribution in [0.5, 0.6) is 0 Å². The number of hydrogen-bond donors (Lipinski definition) is 1. The number of piperazine rings is 1. The van der Waals surface area contributed by atoms with E-state index < -0.39 is 0 Å². The lowest BCUT2D eigenvalue weighted by Gasteiger charge is -2.45. The Morgan fingerprint density at radius 3 is 2.48 bits per heavy atom. The normalized spacial score (nSPS) is 18.8. The van der Waals surface area contributed by atoms with Crippen molar-refractivity contribution in [1.82, 2.24) is 10.1 Å². The van der Waals surface area contributed by atoms with Gasteiger partial charge in [-0.2, -0.15) is 0 Å². The average molecular weight is 584 g/mol. The van der Waals surface area contributed by atoms with Crippen molar-refractivity contribution in [3.05, 3.63) is 105 Å². The van der Waals surface area contributed by atoms with Crippen LogP contribution < -0.4 is 15.1 Å². The van der Waals surface area contributed by atoms with Gasteiger partial charge in [-0.1, -0.05) is 53.2 Å². The fourth-order valence-electron chi connectivity index (χ4n) is 6.32. The van der Waals surface area contributed by atoms with Crippen LogP contribution in [0.2, 0.25) is 5.02 Å². The van der Waals surface area contributed by atoms with Crippen LogP contribution in [0.3, 0.4) is 0 Å². The van der Waals surface area contributed by atoms with Crippen LogP contribution in [-0.4, -0.2) is 54.6 Å². The minimum Gasteiger partial charge on any atom is -0.365 e. The second-order valence-electron chi connectivity index (χ2n) is 11.1. The highest BCUT2D eigenvalue weighted by Gasteiger charge is 2.37. The van der Waals surface area contributed by atoms with Crippen molar-refractivity contribution < 1.29 is 14.1 Å². The molecule has 3 heterocycles. The first kappa shape index (κ1) is 28.0. The van der Waals surface area contributed by atoms with Crippen molar-refractivity contribution in [3.63, 3.8) is 0 Å². The lowest BCUT2D eigenvalue weighted by atomic mass is 9.92. The van der Waals surface area contributed by atoms with Gasteiger partial charge >= 0.3 is 0 Å². The van der Waals surface area contributed by atoms with Crippen molar-refractivity contribution in [1.29, 1.82) is 0 Å². The molecule has 6 rings (SSSR count). The van der Waals surface area contributed by atoms with Gasteiger partial charge in [0, 0.05) is 55.2 Å². The van der Waals surface area contributed by atoms with Crippen molar-refractivity contribution in [3.8, 4) is 0 Å². The van der Waals surface area contributed by atoms with E-state index >= 15 is 0 Å². The van der Waals surface area contributed by atoms with Gasteiger partial charge in [0.1, 0.15) is 5.76 Å². The first-order chi connectivity index (χ1) is 20.2. The predicted molar refractivity (Wildman–Crippen MR) is 166 cm³/mol. The molecule has 9 heteroatoms. The Morgan fingerprint density at radius 2 is 1.76 bits per heavy atom. The van der Waals surface area contributed by atoms with Crippen LogP contribution in [0.25, 0.3) is 0 Å². The number of nitrogens with zero attached hydrogens (tertiary/aromatic N) is 4. The number of amides is 2. The lowest BCUT2D eigenvalue weighted by molar-refractivity contribution is -0.115. The van der Waals surface area contributed by atoms with Gasteiger partial charge in [-0.05, 0) is 62.2 Å². The molecule has 42 heavy (non-hydrogen) atoms. The molecule has 1 fully saturated rings. The largest absolute Gasteiger partial charge is 0.365 e. The maximum absolute atomic E-state index is 13.4. The van der Waals surface area contributed by atoms with Crippen LogP contribution >= 0.6 is 11.6 Å². The average Bonchev–Trinajstić information content (AvgIpc) is 3.25. The number of para-hydroxylation sites is 1. The minimum atomic E-state index is -0.150. The molecule has 0 spiro atoms. The van der Waals surface area contributed by atoms with Crippen LogP contribution in [0.1, 0.15) is 51.5 Å². The van der Waals surface area contributed by atoms with Crippen molar-refractivity contribution in [2.24, 2.45) is 0 Å². The zero-order valence-corrected chi connectivity index (χ0v) is 25.0. The molecule has 0 bridgehead atoms. The molecule has 8 nitrogen and oxygen atoms in total. The predicted octanol–water partition coefficient (Wildman–Crippen LogP) is 6.02. The second-order valence-corrected chi connectivity index (χ2v) is 11.6. The number of halogens is 1. The quantitative estimate of drug-likeness (QED) is 0.310. The van der Waals surface area contributed by atoms with Gasteiger partial charge in [-0.25, -0.2) is 0 Å². The standard InChI is InChI=1S/C33H34ClN5O3/c1-20-19-38(32-24-9-5-6-10-25(24)33(41)37(4)29-12-8-7-11-26(29)32)15-16-39(20)30-14-13-23(17-28(30)34)35-31(40)18-27-21(2)36-42-22(27)3/h5-14,17,20,32H,15-16,18-19H2,1-4H3,(H,35,40)/t20-,32?/m1/s1. The summed E-state index contributed by atoms with van der Waals surface area (Å²) in [7, 11) is 1.85. The molecule has 216 valence electrons. The molecule has 4 aromatic rings. The summed E-state index contributed by atoms with van der Waals surface area (Å²) in [5.41, 5.74) is 6.95. The van der Waals surface area contributed by atoms with Gasteiger partial charge in [-0.15, -0.1) is 0 Å². The first-order valence-electron chi connectivity index (χ1n) is 14.2. The number of aromatic nitrogens is 1. The Balaban J connectivity index is 1.21. The number of carbonyl (C=O) groups excluding carboxylic acids is 2. The topological polar surface area (TPSA) is 81.9 Å². The number of anilines is 3. The molecule has 2 aliphatic rings. The molecule has 0 radical (unpaired) electrons. The van der Waals surface area contributed by atoms with E-state index in [9.17, 15) is 9.59 Å². The van der Waals surface area contributed by atoms with Crippen molar-refractivity contribution >= 4 is 40.5 Å². The van der Waals surface area contributed by atoms with Gasteiger partial charge in [0.05, 0.1) is 28.9 Å². The van der Waals surface area contributed by atoms with Crippen LogP contribution in [-0.2, 0) is 11.2 Å². The monoisotopic (exact) mass is 583 g/mol. The smallest absolute Gasteiger partial charge is 0.258 e. The molecular weight excluding hydrogens is 550 g/mol. The second kappa shape index (κ2) is 11.3. The zero-order chi connectivity index (χ0) is 29.5. The molecule has 2 aliphatic heterocycles. The van der Waals surface area contributed by atoms with Gasteiger partial charge in [-0.3, -0.25) is 14.5 Å². The highest BCUT2D eigenvalue weighted by atomic mass is 35.5. The first-order valence-corrected chi connectivity index (χ1v) is 14.6. The highest BCUT2D eigenvalue weighted by Crippen LogP contribution is 2.41. The molecule has 2 amide bonds. The Bertz CT molecular complexity index is 1650. The molecule has 2 atom stereocenters. The van der Waals surface area contributed by atoms with E-state index in [4.69, 9.17) is 16.1 Å². The number of aryl methyl sites for hydroxylation is 2. The Kier molecular flexibility index (Phi) is 7.51. The molecule has 0 aliphatic carbocycles. The number of carbonyl (C=O) groups is 2. The van der Waals surface area contributed by atoms with Crippen molar-refractivity contribution in [2.45, 2.75) is 39.3 Å². The number of nitrogens with one attached hydrogen (secondary N) is 1. The molecule has 1 N–H and O–H groups in total. The molecule has 0 saturated carbocycles. The summed E-state index contributed by atoms with van der Waals surface area (Å²) in [4.78, 5) is 32.7. The fourth-order valence-corrected chi connectivity index (χ4v) is 6.61. The summed E-state index contributed by atoms with van der Waals surface area (Å²) in [5.74, 6) is 0.514. The highest BCUT2D eigenvalue weighted by molar-refractivity contribution is 6.33. The van der Waals surface area contributed by atoms with Crippen LogP contribution in [0.4, 0.5) is 17.1 Å².